The van der Waals surface area contributed by atoms with E-state index < -0.39 is 29.4 Å². The van der Waals surface area contributed by atoms with Crippen LogP contribution in [0, 0.1) is 12.7 Å². The standard InChI is InChI=1S/C10H9F3O3/c1-5-2-3-7(11)6(4-5)8(14)10(12,13)9(15)16/h2-4,8,14H,1H3,(H,15,16). The van der Waals surface area contributed by atoms with Crippen LogP contribution in [-0.4, -0.2) is 22.1 Å². The summed E-state index contributed by atoms with van der Waals surface area (Å²) in [5.74, 6) is -7.99. The molecule has 1 aromatic carbocycles. The zero-order chi connectivity index (χ0) is 12.5. The Morgan fingerprint density at radius 3 is 2.50 bits per heavy atom. The predicted molar refractivity (Wildman–Crippen MR) is 48.7 cm³/mol. The number of carbonyl (C=O) groups is 1. The van der Waals surface area contributed by atoms with Gasteiger partial charge in [-0.2, -0.15) is 8.78 Å². The van der Waals surface area contributed by atoms with Crippen LogP contribution in [0.25, 0.3) is 0 Å². The highest BCUT2D eigenvalue weighted by Gasteiger charge is 2.48. The van der Waals surface area contributed by atoms with Crippen molar-refractivity contribution in [2.24, 2.45) is 0 Å². The van der Waals surface area contributed by atoms with Crippen LogP contribution in [0.5, 0.6) is 0 Å². The summed E-state index contributed by atoms with van der Waals surface area (Å²) < 4.78 is 39.0. The summed E-state index contributed by atoms with van der Waals surface area (Å²) in [5, 5.41) is 17.4. The maximum atomic E-state index is 13.1. The van der Waals surface area contributed by atoms with Gasteiger partial charge in [-0.15, -0.1) is 0 Å². The van der Waals surface area contributed by atoms with Crippen molar-refractivity contribution in [1.82, 2.24) is 0 Å². The Labute approximate surface area is 89.1 Å². The molecular formula is C10H9F3O3. The summed E-state index contributed by atoms with van der Waals surface area (Å²) in [6.07, 6.45) is -2.70. The lowest BCUT2D eigenvalue weighted by Crippen LogP contribution is -2.36. The summed E-state index contributed by atoms with van der Waals surface area (Å²) in [6, 6.07) is 3.20. The highest BCUT2D eigenvalue weighted by molar-refractivity contribution is 5.76. The third-order valence-corrected chi connectivity index (χ3v) is 2.07. The molecular weight excluding hydrogens is 225 g/mol. The number of alkyl halides is 2. The number of aryl methyl sites for hydroxylation is 1. The number of aliphatic hydroxyl groups excluding tert-OH is 1. The lowest BCUT2D eigenvalue weighted by atomic mass is 10.0. The first-order chi connectivity index (χ1) is 7.26. The average molecular weight is 234 g/mol. The van der Waals surface area contributed by atoms with E-state index in [1.807, 2.05) is 0 Å². The molecule has 1 rings (SSSR count). The molecule has 1 atom stereocenters. The smallest absolute Gasteiger partial charge is 0.377 e. The van der Waals surface area contributed by atoms with Gasteiger partial charge in [0, 0.05) is 5.56 Å². The molecule has 3 nitrogen and oxygen atoms in total. The van der Waals surface area contributed by atoms with Crippen molar-refractivity contribution in [3.05, 3.63) is 35.1 Å². The topological polar surface area (TPSA) is 57.5 Å². The molecule has 0 fully saturated rings. The number of hydrogen-bond acceptors (Lipinski definition) is 2. The number of halogens is 3. The lowest BCUT2D eigenvalue weighted by molar-refractivity contribution is -0.183. The zero-order valence-electron chi connectivity index (χ0n) is 8.25. The van der Waals surface area contributed by atoms with Crippen molar-refractivity contribution in [1.29, 1.82) is 0 Å². The third-order valence-electron chi connectivity index (χ3n) is 2.07. The van der Waals surface area contributed by atoms with E-state index in [9.17, 15) is 18.0 Å². The first-order valence-electron chi connectivity index (χ1n) is 4.32. The van der Waals surface area contributed by atoms with Crippen LogP contribution in [0.1, 0.15) is 17.2 Å². The Hall–Kier alpha value is -1.56. The largest absolute Gasteiger partial charge is 0.477 e. The lowest BCUT2D eigenvalue weighted by Gasteiger charge is -2.19. The minimum Gasteiger partial charge on any atom is -0.477 e. The van der Waals surface area contributed by atoms with Gasteiger partial charge in [-0.1, -0.05) is 17.7 Å². The van der Waals surface area contributed by atoms with E-state index in [4.69, 9.17) is 10.2 Å². The SMILES string of the molecule is Cc1ccc(F)c(C(O)C(F)(F)C(=O)O)c1. The fraction of sp³-hybridized carbons (Fsp3) is 0.300. The third kappa shape index (κ3) is 2.16. The quantitative estimate of drug-likeness (QED) is 0.839. The van der Waals surface area contributed by atoms with Gasteiger partial charge in [0.15, 0.2) is 6.10 Å². The first-order valence-corrected chi connectivity index (χ1v) is 4.32. The molecule has 2 N–H and O–H groups in total. The second kappa shape index (κ2) is 4.13. The Balaban J connectivity index is 3.19. The second-order valence-corrected chi connectivity index (χ2v) is 3.36. The van der Waals surface area contributed by atoms with Gasteiger partial charge in [-0.25, -0.2) is 9.18 Å². The Morgan fingerprint density at radius 1 is 1.44 bits per heavy atom. The van der Waals surface area contributed by atoms with Crippen LogP contribution in [-0.2, 0) is 4.79 Å². The highest BCUT2D eigenvalue weighted by atomic mass is 19.3. The van der Waals surface area contributed by atoms with Crippen LogP contribution in [0.4, 0.5) is 13.2 Å². The number of benzene rings is 1. The molecule has 1 unspecified atom stereocenters. The molecule has 0 aliphatic carbocycles. The molecule has 0 aliphatic rings. The normalized spacial score (nSPS) is 13.6. The molecule has 16 heavy (non-hydrogen) atoms. The number of hydrogen-bond donors (Lipinski definition) is 2. The van der Waals surface area contributed by atoms with Gasteiger partial charge in [0.2, 0.25) is 0 Å². The Bertz CT molecular complexity index is 418. The molecule has 0 saturated heterocycles. The van der Waals surface area contributed by atoms with Gasteiger partial charge in [0.05, 0.1) is 0 Å². The fourth-order valence-corrected chi connectivity index (χ4v) is 1.18. The minimum atomic E-state index is -4.42. The maximum Gasteiger partial charge on any atom is 0.377 e. The summed E-state index contributed by atoms with van der Waals surface area (Å²) >= 11 is 0. The summed E-state index contributed by atoms with van der Waals surface area (Å²) in [4.78, 5) is 10.2. The predicted octanol–water partition coefficient (Wildman–Crippen LogP) is 1.89. The van der Waals surface area contributed by atoms with Gasteiger partial charge in [-0.05, 0) is 13.0 Å². The van der Waals surface area contributed by atoms with Crippen molar-refractivity contribution >= 4 is 5.97 Å². The average Bonchev–Trinajstić information content (AvgIpc) is 2.20. The number of aliphatic hydroxyl groups is 1. The molecule has 0 aromatic heterocycles. The number of carboxylic acids is 1. The molecule has 1 aromatic rings. The Kier molecular flexibility index (Phi) is 3.23. The van der Waals surface area contributed by atoms with E-state index in [0.717, 1.165) is 12.1 Å². The summed E-state index contributed by atoms with van der Waals surface area (Å²) in [5.41, 5.74) is -0.288. The molecule has 0 radical (unpaired) electrons. The molecule has 0 heterocycles. The fourth-order valence-electron chi connectivity index (χ4n) is 1.18. The van der Waals surface area contributed by atoms with Crippen LogP contribution < -0.4 is 0 Å². The molecule has 0 aliphatic heterocycles. The van der Waals surface area contributed by atoms with E-state index >= 15 is 0 Å². The second-order valence-electron chi connectivity index (χ2n) is 3.36. The number of carboxylic acid groups (broad SMARTS) is 1. The summed E-state index contributed by atoms with van der Waals surface area (Å²) in [7, 11) is 0. The first kappa shape index (κ1) is 12.5. The van der Waals surface area contributed by atoms with Gasteiger partial charge in [-0.3, -0.25) is 0 Å². The van der Waals surface area contributed by atoms with Crippen molar-refractivity contribution in [3.8, 4) is 0 Å². The van der Waals surface area contributed by atoms with Crippen molar-refractivity contribution in [2.75, 3.05) is 0 Å². The zero-order valence-corrected chi connectivity index (χ0v) is 8.25. The van der Waals surface area contributed by atoms with Crippen LogP contribution in [0.3, 0.4) is 0 Å². The molecule has 0 saturated carbocycles. The Morgan fingerprint density at radius 2 is 2.00 bits per heavy atom. The number of rotatable bonds is 3. The van der Waals surface area contributed by atoms with Crippen molar-refractivity contribution in [3.63, 3.8) is 0 Å². The van der Waals surface area contributed by atoms with E-state index in [-0.39, 0.29) is 0 Å². The van der Waals surface area contributed by atoms with Gasteiger partial charge < -0.3 is 10.2 Å². The van der Waals surface area contributed by atoms with Gasteiger partial charge in [0.25, 0.3) is 0 Å². The van der Waals surface area contributed by atoms with Gasteiger partial charge >= 0.3 is 11.9 Å². The maximum absolute atomic E-state index is 13.1. The van der Waals surface area contributed by atoms with Crippen molar-refractivity contribution < 1.29 is 28.2 Å². The van der Waals surface area contributed by atoms with Gasteiger partial charge in [0.1, 0.15) is 5.82 Å². The minimum absolute atomic E-state index is 0.441. The van der Waals surface area contributed by atoms with Crippen LogP contribution in [0.2, 0.25) is 0 Å². The summed E-state index contributed by atoms with van der Waals surface area (Å²) in [6.45, 7) is 1.51. The molecule has 0 bridgehead atoms. The highest BCUT2D eigenvalue weighted by Crippen LogP contribution is 2.33. The molecule has 88 valence electrons. The van der Waals surface area contributed by atoms with Crippen molar-refractivity contribution in [2.45, 2.75) is 19.0 Å². The molecule has 0 spiro atoms. The van der Waals surface area contributed by atoms with Crippen LogP contribution >= 0.6 is 0 Å². The van der Waals surface area contributed by atoms with E-state index in [0.29, 0.717) is 5.56 Å². The van der Waals surface area contributed by atoms with E-state index in [1.165, 1.54) is 13.0 Å². The molecule has 6 heteroatoms. The van der Waals surface area contributed by atoms with Crippen LogP contribution in [0.15, 0.2) is 18.2 Å². The monoisotopic (exact) mass is 234 g/mol. The van der Waals surface area contributed by atoms with E-state index in [2.05, 4.69) is 0 Å². The van der Waals surface area contributed by atoms with E-state index in [1.54, 1.807) is 0 Å². The molecule has 0 amide bonds. The number of aliphatic carboxylic acids is 1.